The van der Waals surface area contributed by atoms with Crippen LogP contribution in [0.3, 0.4) is 0 Å². The molecule has 0 radical (unpaired) electrons. The second-order valence-electron chi connectivity index (χ2n) is 5.21. The lowest BCUT2D eigenvalue weighted by Crippen LogP contribution is -2.05. The first kappa shape index (κ1) is 13.4. The van der Waals surface area contributed by atoms with Gasteiger partial charge in [-0.2, -0.15) is 0 Å². The second kappa shape index (κ2) is 4.61. The summed E-state index contributed by atoms with van der Waals surface area (Å²) in [5.74, 6) is -2.77. The van der Waals surface area contributed by atoms with Gasteiger partial charge in [-0.1, -0.05) is 24.3 Å². The van der Waals surface area contributed by atoms with Gasteiger partial charge in [0.05, 0.1) is 22.3 Å². The van der Waals surface area contributed by atoms with Crippen molar-refractivity contribution < 1.29 is 28.7 Å². The lowest BCUT2D eigenvalue weighted by molar-refractivity contribution is 0.0426. The van der Waals surface area contributed by atoms with Gasteiger partial charge in [-0.25, -0.2) is 19.2 Å². The fraction of sp³-hybridized carbons (Fsp3) is 0.0588. The Morgan fingerprint density at radius 2 is 1.04 bits per heavy atom. The van der Waals surface area contributed by atoms with Crippen molar-refractivity contribution in [1.82, 2.24) is 0 Å². The van der Waals surface area contributed by atoms with E-state index in [0.717, 1.165) is 0 Å². The minimum Gasteiger partial charge on any atom is -0.386 e. The lowest BCUT2D eigenvalue weighted by atomic mass is 9.93. The van der Waals surface area contributed by atoms with Crippen molar-refractivity contribution in [3.05, 3.63) is 69.8 Å². The molecule has 6 heteroatoms. The monoisotopic (exact) mass is 308 g/mol. The first-order valence-electron chi connectivity index (χ1n) is 6.83. The molecule has 0 fully saturated rings. The van der Waals surface area contributed by atoms with E-state index in [0.29, 0.717) is 11.1 Å². The molecule has 0 aromatic heterocycles. The molecule has 0 saturated heterocycles. The molecule has 0 N–H and O–H groups in total. The average Bonchev–Trinajstić information content (AvgIpc) is 2.98. The quantitative estimate of drug-likeness (QED) is 0.622. The molecular formula is C17H8O6. The van der Waals surface area contributed by atoms with Crippen LogP contribution in [-0.2, 0) is 15.9 Å². The number of cyclic esters (lactones) is 4. The molecule has 0 atom stereocenters. The number of hydrogen-bond donors (Lipinski definition) is 0. The normalized spacial score (nSPS) is 15.3. The molecule has 0 amide bonds. The summed E-state index contributed by atoms with van der Waals surface area (Å²) in [5, 5.41) is 0. The molecule has 2 aliphatic heterocycles. The van der Waals surface area contributed by atoms with E-state index in [1.165, 1.54) is 12.1 Å². The van der Waals surface area contributed by atoms with Crippen LogP contribution in [0.4, 0.5) is 0 Å². The number of esters is 4. The van der Waals surface area contributed by atoms with Gasteiger partial charge in [0.15, 0.2) is 0 Å². The number of benzene rings is 2. The van der Waals surface area contributed by atoms with Gasteiger partial charge >= 0.3 is 23.9 Å². The van der Waals surface area contributed by atoms with E-state index in [-0.39, 0.29) is 28.7 Å². The van der Waals surface area contributed by atoms with Crippen LogP contribution in [0.5, 0.6) is 0 Å². The molecular weight excluding hydrogens is 300 g/mol. The third-order valence-corrected chi connectivity index (χ3v) is 3.90. The zero-order chi connectivity index (χ0) is 16.1. The SMILES string of the molecule is O=C1OC(=O)c2c(Cc3cccc4c3C(=O)OC4=O)cccc21. The van der Waals surface area contributed by atoms with Gasteiger partial charge in [0.25, 0.3) is 0 Å². The Balaban J connectivity index is 1.83. The van der Waals surface area contributed by atoms with Crippen molar-refractivity contribution in [3.8, 4) is 0 Å². The fourth-order valence-electron chi connectivity index (χ4n) is 2.90. The highest BCUT2D eigenvalue weighted by Gasteiger charge is 2.34. The van der Waals surface area contributed by atoms with Gasteiger partial charge in [-0.15, -0.1) is 0 Å². The molecule has 6 nitrogen and oxygen atoms in total. The fourth-order valence-corrected chi connectivity index (χ4v) is 2.90. The maximum Gasteiger partial charge on any atom is 0.347 e. The van der Waals surface area contributed by atoms with E-state index in [9.17, 15) is 19.2 Å². The minimum absolute atomic E-state index is 0.202. The predicted octanol–water partition coefficient (Wildman–Crippen LogP) is 1.90. The summed E-state index contributed by atoms with van der Waals surface area (Å²) in [7, 11) is 0. The van der Waals surface area contributed by atoms with E-state index < -0.39 is 23.9 Å². The van der Waals surface area contributed by atoms with Crippen molar-refractivity contribution in [2.24, 2.45) is 0 Å². The van der Waals surface area contributed by atoms with Crippen LogP contribution in [0.15, 0.2) is 36.4 Å². The summed E-state index contributed by atoms with van der Waals surface area (Å²) in [6.07, 6.45) is 0.205. The molecule has 2 aromatic rings. The number of carbonyl (C=O) groups excluding carboxylic acids is 4. The third-order valence-electron chi connectivity index (χ3n) is 3.90. The van der Waals surface area contributed by atoms with Crippen molar-refractivity contribution in [2.45, 2.75) is 6.42 Å². The highest BCUT2D eigenvalue weighted by Crippen LogP contribution is 2.29. The molecule has 2 aliphatic rings. The van der Waals surface area contributed by atoms with E-state index in [1.54, 1.807) is 24.3 Å². The van der Waals surface area contributed by atoms with Crippen LogP contribution in [0.1, 0.15) is 52.6 Å². The highest BCUT2D eigenvalue weighted by molar-refractivity contribution is 6.16. The second-order valence-corrected chi connectivity index (χ2v) is 5.21. The zero-order valence-electron chi connectivity index (χ0n) is 11.6. The van der Waals surface area contributed by atoms with E-state index >= 15 is 0 Å². The average molecular weight is 308 g/mol. The van der Waals surface area contributed by atoms with E-state index in [2.05, 4.69) is 9.47 Å². The molecule has 0 bridgehead atoms. The smallest absolute Gasteiger partial charge is 0.347 e. The molecule has 112 valence electrons. The number of fused-ring (bicyclic) bond motifs is 2. The van der Waals surface area contributed by atoms with Crippen LogP contribution in [0.25, 0.3) is 0 Å². The van der Waals surface area contributed by atoms with Crippen LogP contribution in [0, 0.1) is 0 Å². The summed E-state index contributed by atoms with van der Waals surface area (Å²) < 4.78 is 9.23. The highest BCUT2D eigenvalue weighted by atomic mass is 16.6. The summed E-state index contributed by atoms with van der Waals surface area (Å²) in [6, 6.07) is 9.67. The van der Waals surface area contributed by atoms with Crippen LogP contribution in [0.2, 0.25) is 0 Å². The number of hydrogen-bond acceptors (Lipinski definition) is 6. The van der Waals surface area contributed by atoms with Gasteiger partial charge in [0.1, 0.15) is 0 Å². The van der Waals surface area contributed by atoms with Crippen molar-refractivity contribution in [2.75, 3.05) is 0 Å². The molecule has 23 heavy (non-hydrogen) atoms. The van der Waals surface area contributed by atoms with Crippen LogP contribution in [-0.4, -0.2) is 23.9 Å². The van der Waals surface area contributed by atoms with Gasteiger partial charge in [0, 0.05) is 0 Å². The molecule has 0 saturated carbocycles. The molecule has 2 aromatic carbocycles. The Morgan fingerprint density at radius 3 is 1.48 bits per heavy atom. The van der Waals surface area contributed by atoms with Gasteiger partial charge < -0.3 is 9.47 Å². The lowest BCUT2D eigenvalue weighted by Gasteiger charge is -2.07. The maximum absolute atomic E-state index is 11.8. The first-order chi connectivity index (χ1) is 11.1. The topological polar surface area (TPSA) is 86.7 Å². The molecule has 2 heterocycles. The predicted molar refractivity (Wildman–Crippen MR) is 75.2 cm³/mol. The molecule has 0 unspecified atom stereocenters. The number of carbonyl (C=O) groups is 4. The van der Waals surface area contributed by atoms with E-state index in [4.69, 9.17) is 0 Å². The molecule has 4 rings (SSSR count). The van der Waals surface area contributed by atoms with Gasteiger partial charge in [0.2, 0.25) is 0 Å². The Hall–Kier alpha value is -3.28. The Bertz CT molecular complexity index is 849. The van der Waals surface area contributed by atoms with Crippen LogP contribution < -0.4 is 0 Å². The summed E-state index contributed by atoms with van der Waals surface area (Å²) in [5.41, 5.74) is 1.93. The third kappa shape index (κ3) is 1.88. The Morgan fingerprint density at radius 1 is 0.609 bits per heavy atom. The Kier molecular flexibility index (Phi) is 2.68. The summed E-state index contributed by atoms with van der Waals surface area (Å²) in [6.45, 7) is 0. The first-order valence-corrected chi connectivity index (χ1v) is 6.83. The minimum atomic E-state index is -0.702. The van der Waals surface area contributed by atoms with E-state index in [1.807, 2.05) is 0 Å². The van der Waals surface area contributed by atoms with Gasteiger partial charge in [-0.3, -0.25) is 0 Å². The molecule has 0 spiro atoms. The van der Waals surface area contributed by atoms with Crippen molar-refractivity contribution >= 4 is 23.9 Å². The summed E-state index contributed by atoms with van der Waals surface area (Å²) in [4.78, 5) is 46.9. The Labute approximate surface area is 129 Å². The number of rotatable bonds is 2. The summed E-state index contributed by atoms with van der Waals surface area (Å²) >= 11 is 0. The van der Waals surface area contributed by atoms with Crippen molar-refractivity contribution in [1.29, 1.82) is 0 Å². The molecule has 0 aliphatic carbocycles. The number of ether oxygens (including phenoxy) is 2. The van der Waals surface area contributed by atoms with Crippen LogP contribution >= 0.6 is 0 Å². The van der Waals surface area contributed by atoms with Gasteiger partial charge in [-0.05, 0) is 29.7 Å². The largest absolute Gasteiger partial charge is 0.386 e. The standard InChI is InChI=1S/C17H8O6/c18-14-10-5-1-3-8(12(10)16(20)22-14)7-9-4-2-6-11-13(9)17(21)23-15(11)19/h1-6H,7H2. The maximum atomic E-state index is 11.8. The van der Waals surface area contributed by atoms with Crippen molar-refractivity contribution in [3.63, 3.8) is 0 Å². The zero-order valence-corrected chi connectivity index (χ0v) is 11.6.